The van der Waals surface area contributed by atoms with Crippen LogP contribution in [0.3, 0.4) is 0 Å². The van der Waals surface area contributed by atoms with Gasteiger partial charge < -0.3 is 4.90 Å². The van der Waals surface area contributed by atoms with Crippen LogP contribution in [0.2, 0.25) is 0 Å². The summed E-state index contributed by atoms with van der Waals surface area (Å²) in [4.78, 5) is 13.6. The monoisotopic (exact) mass is 252 g/mol. The lowest BCUT2D eigenvalue weighted by molar-refractivity contribution is -0.131. The molecule has 3 nitrogen and oxygen atoms in total. The quantitative estimate of drug-likeness (QED) is 0.524. The van der Waals surface area contributed by atoms with Gasteiger partial charge in [-0.1, -0.05) is 45.4 Å². The maximum absolute atomic E-state index is 11.8. The molecule has 0 N–H and O–H groups in total. The van der Waals surface area contributed by atoms with E-state index in [-0.39, 0.29) is 5.91 Å². The molecule has 1 amide bonds. The SMILES string of the molecule is CCCCCCCCCC(=O)N(CC)CCC#N. The summed E-state index contributed by atoms with van der Waals surface area (Å²) in [5.74, 6) is 0.210. The fourth-order valence-electron chi connectivity index (χ4n) is 2.04. The van der Waals surface area contributed by atoms with Gasteiger partial charge in [-0.3, -0.25) is 4.79 Å². The largest absolute Gasteiger partial charge is 0.342 e. The van der Waals surface area contributed by atoms with Crippen molar-refractivity contribution < 1.29 is 4.79 Å². The number of nitriles is 1. The zero-order valence-electron chi connectivity index (χ0n) is 12.1. The van der Waals surface area contributed by atoms with Gasteiger partial charge in [-0.25, -0.2) is 0 Å². The van der Waals surface area contributed by atoms with Crippen molar-refractivity contribution in [3.05, 3.63) is 0 Å². The molecule has 0 aliphatic heterocycles. The van der Waals surface area contributed by atoms with E-state index in [2.05, 4.69) is 13.0 Å². The van der Waals surface area contributed by atoms with Crippen LogP contribution >= 0.6 is 0 Å². The Kier molecular flexibility index (Phi) is 11.7. The van der Waals surface area contributed by atoms with Crippen molar-refractivity contribution in [3.63, 3.8) is 0 Å². The average molecular weight is 252 g/mol. The second-order valence-corrected chi connectivity index (χ2v) is 4.75. The number of hydrogen-bond donors (Lipinski definition) is 0. The summed E-state index contributed by atoms with van der Waals surface area (Å²) < 4.78 is 0. The van der Waals surface area contributed by atoms with Gasteiger partial charge in [0.25, 0.3) is 0 Å². The number of carbonyl (C=O) groups excluding carboxylic acids is 1. The molecular formula is C15H28N2O. The molecule has 0 rings (SSSR count). The van der Waals surface area contributed by atoms with Gasteiger partial charge in [0.1, 0.15) is 0 Å². The van der Waals surface area contributed by atoms with Crippen molar-refractivity contribution in [3.8, 4) is 6.07 Å². The fourth-order valence-corrected chi connectivity index (χ4v) is 2.04. The van der Waals surface area contributed by atoms with E-state index in [1.807, 2.05) is 6.92 Å². The fraction of sp³-hybridized carbons (Fsp3) is 0.867. The van der Waals surface area contributed by atoms with Gasteiger partial charge in [0.05, 0.1) is 12.5 Å². The van der Waals surface area contributed by atoms with Crippen molar-refractivity contribution in [2.24, 2.45) is 0 Å². The Labute approximate surface area is 112 Å². The van der Waals surface area contributed by atoms with Crippen LogP contribution in [0.25, 0.3) is 0 Å². The summed E-state index contributed by atoms with van der Waals surface area (Å²) in [5.41, 5.74) is 0. The van der Waals surface area contributed by atoms with Gasteiger partial charge in [-0.05, 0) is 13.3 Å². The number of amides is 1. The van der Waals surface area contributed by atoms with E-state index in [1.165, 1.54) is 32.1 Å². The Bertz CT molecular complexity index is 245. The van der Waals surface area contributed by atoms with Gasteiger partial charge in [-0.2, -0.15) is 5.26 Å². The number of unbranched alkanes of at least 4 members (excludes halogenated alkanes) is 6. The Morgan fingerprint density at radius 3 is 2.22 bits per heavy atom. The molecular weight excluding hydrogens is 224 g/mol. The lowest BCUT2D eigenvalue weighted by Crippen LogP contribution is -2.31. The van der Waals surface area contributed by atoms with Crippen LogP contribution in [-0.2, 0) is 4.79 Å². The smallest absolute Gasteiger partial charge is 0.222 e. The molecule has 0 saturated carbocycles. The molecule has 0 fully saturated rings. The molecule has 104 valence electrons. The normalized spacial score (nSPS) is 10.1. The minimum absolute atomic E-state index is 0.210. The van der Waals surface area contributed by atoms with Crippen LogP contribution in [0.1, 0.15) is 71.6 Å². The van der Waals surface area contributed by atoms with Crippen molar-refractivity contribution >= 4 is 5.91 Å². The lowest BCUT2D eigenvalue weighted by atomic mass is 10.1. The number of carbonyl (C=O) groups is 1. The zero-order valence-corrected chi connectivity index (χ0v) is 12.1. The molecule has 0 bridgehead atoms. The van der Waals surface area contributed by atoms with Crippen LogP contribution in [0.5, 0.6) is 0 Å². The van der Waals surface area contributed by atoms with Crippen molar-refractivity contribution in [1.29, 1.82) is 5.26 Å². The van der Waals surface area contributed by atoms with E-state index >= 15 is 0 Å². The summed E-state index contributed by atoms with van der Waals surface area (Å²) >= 11 is 0. The maximum atomic E-state index is 11.8. The van der Waals surface area contributed by atoms with Crippen molar-refractivity contribution in [1.82, 2.24) is 4.90 Å². The van der Waals surface area contributed by atoms with E-state index in [0.29, 0.717) is 19.4 Å². The van der Waals surface area contributed by atoms with Gasteiger partial charge in [-0.15, -0.1) is 0 Å². The Balaban J connectivity index is 3.53. The van der Waals surface area contributed by atoms with Crippen LogP contribution in [0, 0.1) is 11.3 Å². The highest BCUT2D eigenvalue weighted by Gasteiger charge is 2.10. The molecule has 0 aliphatic rings. The molecule has 0 heterocycles. The minimum atomic E-state index is 0.210. The topological polar surface area (TPSA) is 44.1 Å². The summed E-state index contributed by atoms with van der Waals surface area (Å²) in [7, 11) is 0. The molecule has 3 heteroatoms. The van der Waals surface area contributed by atoms with Gasteiger partial charge in [0.2, 0.25) is 5.91 Å². The summed E-state index contributed by atoms with van der Waals surface area (Å²) in [5, 5.41) is 8.52. The predicted octanol–water partition coefficient (Wildman–Crippen LogP) is 3.89. The van der Waals surface area contributed by atoms with E-state index in [4.69, 9.17) is 5.26 Å². The number of nitrogens with zero attached hydrogens (tertiary/aromatic N) is 2. The highest BCUT2D eigenvalue weighted by Crippen LogP contribution is 2.09. The van der Waals surface area contributed by atoms with Gasteiger partial charge >= 0.3 is 0 Å². The van der Waals surface area contributed by atoms with Crippen LogP contribution in [0.4, 0.5) is 0 Å². The first kappa shape index (κ1) is 17.0. The van der Waals surface area contributed by atoms with Crippen LogP contribution < -0.4 is 0 Å². The van der Waals surface area contributed by atoms with E-state index < -0.39 is 0 Å². The lowest BCUT2D eigenvalue weighted by Gasteiger charge is -2.19. The number of hydrogen-bond acceptors (Lipinski definition) is 2. The van der Waals surface area contributed by atoms with Crippen molar-refractivity contribution in [2.75, 3.05) is 13.1 Å². The first-order valence-electron chi connectivity index (χ1n) is 7.41. The molecule has 0 atom stereocenters. The second-order valence-electron chi connectivity index (χ2n) is 4.75. The summed E-state index contributed by atoms with van der Waals surface area (Å²) in [6.07, 6.45) is 9.72. The predicted molar refractivity (Wildman–Crippen MR) is 75.1 cm³/mol. The average Bonchev–Trinajstić information content (AvgIpc) is 2.38. The highest BCUT2D eigenvalue weighted by molar-refractivity contribution is 5.76. The molecule has 0 aromatic rings. The number of rotatable bonds is 11. The summed E-state index contributed by atoms with van der Waals surface area (Å²) in [6, 6.07) is 2.09. The summed E-state index contributed by atoms with van der Waals surface area (Å²) in [6.45, 7) is 5.50. The third-order valence-electron chi connectivity index (χ3n) is 3.22. The molecule has 0 aromatic heterocycles. The standard InChI is InChI=1S/C15H28N2O/c1-3-5-6-7-8-9-10-12-15(18)17(4-2)14-11-13-16/h3-12,14H2,1-2H3. The second kappa shape index (κ2) is 12.4. The molecule has 0 spiro atoms. The zero-order chi connectivity index (χ0) is 13.6. The molecule has 0 saturated heterocycles. The Morgan fingerprint density at radius 2 is 1.67 bits per heavy atom. The first-order valence-corrected chi connectivity index (χ1v) is 7.41. The van der Waals surface area contributed by atoms with Crippen molar-refractivity contribution in [2.45, 2.75) is 71.6 Å². The minimum Gasteiger partial charge on any atom is -0.342 e. The van der Waals surface area contributed by atoms with Crippen LogP contribution in [0.15, 0.2) is 0 Å². The van der Waals surface area contributed by atoms with Crippen LogP contribution in [-0.4, -0.2) is 23.9 Å². The third-order valence-corrected chi connectivity index (χ3v) is 3.22. The molecule has 0 aliphatic carbocycles. The van der Waals surface area contributed by atoms with E-state index in [9.17, 15) is 4.79 Å². The molecule has 0 aromatic carbocycles. The third kappa shape index (κ3) is 9.04. The molecule has 0 unspecified atom stereocenters. The van der Waals surface area contributed by atoms with E-state index in [1.54, 1.807) is 4.90 Å². The maximum Gasteiger partial charge on any atom is 0.222 e. The highest BCUT2D eigenvalue weighted by atomic mass is 16.2. The first-order chi connectivity index (χ1) is 8.76. The van der Waals surface area contributed by atoms with Gasteiger partial charge in [0.15, 0.2) is 0 Å². The van der Waals surface area contributed by atoms with E-state index in [0.717, 1.165) is 19.4 Å². The Morgan fingerprint density at radius 1 is 1.06 bits per heavy atom. The molecule has 0 radical (unpaired) electrons. The molecule has 18 heavy (non-hydrogen) atoms. The van der Waals surface area contributed by atoms with Gasteiger partial charge in [0, 0.05) is 19.5 Å². The Hall–Kier alpha value is -1.04.